The van der Waals surface area contributed by atoms with Gasteiger partial charge in [-0.2, -0.15) is 0 Å². The second-order valence-corrected chi connectivity index (χ2v) is 7.09. The first kappa shape index (κ1) is 13.4. The van der Waals surface area contributed by atoms with Crippen LogP contribution in [0.5, 0.6) is 0 Å². The van der Waals surface area contributed by atoms with Gasteiger partial charge >= 0.3 is 0 Å². The molecule has 0 aromatic carbocycles. The summed E-state index contributed by atoms with van der Waals surface area (Å²) in [6, 6.07) is 0. The zero-order chi connectivity index (χ0) is 11.4. The average molecular weight is 352 g/mol. The molecule has 0 spiro atoms. The molecule has 0 heterocycles. The third-order valence-corrected chi connectivity index (χ3v) is 7.16. The summed E-state index contributed by atoms with van der Waals surface area (Å²) < 4.78 is 0. The van der Waals surface area contributed by atoms with Gasteiger partial charge in [-0.05, 0) is 36.5 Å². The van der Waals surface area contributed by atoms with Crippen molar-refractivity contribution in [1.82, 2.24) is 0 Å². The molecule has 0 bridgehead atoms. The van der Waals surface area contributed by atoms with E-state index in [1.54, 1.807) is 0 Å². The summed E-state index contributed by atoms with van der Waals surface area (Å²) in [4.78, 5) is 0. The SMILES string of the molecule is BrCC(CBr)(CC1CCCC1)C1CCCC1. The largest absolute Gasteiger partial charge is 0.0922 e. The Morgan fingerprint density at radius 2 is 1.31 bits per heavy atom. The van der Waals surface area contributed by atoms with Crippen LogP contribution in [-0.2, 0) is 0 Å². The topological polar surface area (TPSA) is 0 Å². The molecule has 0 N–H and O–H groups in total. The van der Waals surface area contributed by atoms with Crippen LogP contribution in [0.2, 0.25) is 0 Å². The fourth-order valence-electron chi connectivity index (χ4n) is 3.86. The predicted molar refractivity (Wildman–Crippen MR) is 78.6 cm³/mol. The first-order valence-corrected chi connectivity index (χ1v) is 9.17. The van der Waals surface area contributed by atoms with Gasteiger partial charge in [0.1, 0.15) is 0 Å². The Hall–Kier alpha value is 0.960. The molecule has 94 valence electrons. The van der Waals surface area contributed by atoms with E-state index in [0.29, 0.717) is 5.41 Å². The second-order valence-electron chi connectivity index (χ2n) is 5.97. The van der Waals surface area contributed by atoms with Gasteiger partial charge in [0.05, 0.1) is 0 Å². The third-order valence-electron chi connectivity index (χ3n) is 4.92. The first-order chi connectivity index (χ1) is 7.80. The molecule has 0 nitrogen and oxygen atoms in total. The molecule has 2 saturated carbocycles. The average Bonchev–Trinajstić information content (AvgIpc) is 2.99. The van der Waals surface area contributed by atoms with Crippen molar-refractivity contribution in [3.63, 3.8) is 0 Å². The van der Waals surface area contributed by atoms with E-state index in [1.807, 2.05) is 0 Å². The lowest BCUT2D eigenvalue weighted by atomic mass is 9.71. The molecule has 0 aromatic rings. The van der Waals surface area contributed by atoms with Crippen molar-refractivity contribution in [2.75, 3.05) is 10.7 Å². The molecule has 0 atom stereocenters. The highest BCUT2D eigenvalue weighted by Gasteiger charge is 2.40. The summed E-state index contributed by atoms with van der Waals surface area (Å²) in [5.41, 5.74) is 0.561. The summed E-state index contributed by atoms with van der Waals surface area (Å²) in [6.45, 7) is 0. The van der Waals surface area contributed by atoms with Crippen LogP contribution in [0.4, 0.5) is 0 Å². The number of alkyl halides is 2. The Balaban J connectivity index is 2.00. The molecule has 2 aliphatic rings. The summed E-state index contributed by atoms with van der Waals surface area (Å²) >= 11 is 7.64. The normalized spacial score (nSPS) is 24.4. The standard InChI is InChI=1S/C14H24Br2/c15-10-14(11-16,13-7-3-4-8-13)9-12-5-1-2-6-12/h12-13H,1-11H2. The zero-order valence-corrected chi connectivity index (χ0v) is 13.4. The molecule has 2 rings (SSSR count). The van der Waals surface area contributed by atoms with Crippen LogP contribution in [0.25, 0.3) is 0 Å². The molecular weight excluding hydrogens is 328 g/mol. The highest BCUT2D eigenvalue weighted by Crippen LogP contribution is 2.48. The lowest BCUT2D eigenvalue weighted by molar-refractivity contribution is 0.180. The van der Waals surface area contributed by atoms with Gasteiger partial charge in [-0.25, -0.2) is 0 Å². The van der Waals surface area contributed by atoms with E-state index in [2.05, 4.69) is 31.9 Å². The third kappa shape index (κ3) is 2.85. The van der Waals surface area contributed by atoms with Crippen LogP contribution in [0, 0.1) is 17.3 Å². The van der Waals surface area contributed by atoms with Gasteiger partial charge in [-0.15, -0.1) is 0 Å². The second kappa shape index (κ2) is 6.22. The van der Waals surface area contributed by atoms with Crippen LogP contribution in [0.15, 0.2) is 0 Å². The monoisotopic (exact) mass is 350 g/mol. The lowest BCUT2D eigenvalue weighted by Gasteiger charge is -2.38. The highest BCUT2D eigenvalue weighted by molar-refractivity contribution is 9.09. The van der Waals surface area contributed by atoms with Gasteiger partial charge < -0.3 is 0 Å². The molecule has 0 aliphatic heterocycles. The van der Waals surface area contributed by atoms with Gasteiger partial charge in [0, 0.05) is 10.7 Å². The maximum absolute atomic E-state index is 3.82. The van der Waals surface area contributed by atoms with E-state index in [4.69, 9.17) is 0 Å². The van der Waals surface area contributed by atoms with Crippen molar-refractivity contribution < 1.29 is 0 Å². The van der Waals surface area contributed by atoms with Gasteiger partial charge in [0.25, 0.3) is 0 Å². The predicted octanol–water partition coefficient (Wildman–Crippen LogP) is 5.53. The summed E-state index contributed by atoms with van der Waals surface area (Å²) in [7, 11) is 0. The van der Waals surface area contributed by atoms with Gasteiger partial charge in [0.2, 0.25) is 0 Å². The van der Waals surface area contributed by atoms with E-state index < -0.39 is 0 Å². The van der Waals surface area contributed by atoms with E-state index >= 15 is 0 Å². The number of rotatable bonds is 5. The van der Waals surface area contributed by atoms with Crippen molar-refractivity contribution in [3.8, 4) is 0 Å². The van der Waals surface area contributed by atoms with Gasteiger partial charge in [-0.3, -0.25) is 0 Å². The van der Waals surface area contributed by atoms with Crippen LogP contribution in [0.3, 0.4) is 0 Å². The Labute approximate surface area is 117 Å². The molecule has 2 heteroatoms. The van der Waals surface area contributed by atoms with Gasteiger partial charge in [-0.1, -0.05) is 70.4 Å². The lowest BCUT2D eigenvalue weighted by Crippen LogP contribution is -2.34. The minimum absolute atomic E-state index is 0.561. The number of hydrogen-bond acceptors (Lipinski definition) is 0. The van der Waals surface area contributed by atoms with Crippen molar-refractivity contribution in [2.24, 2.45) is 17.3 Å². The van der Waals surface area contributed by atoms with E-state index in [0.717, 1.165) is 11.8 Å². The summed E-state index contributed by atoms with van der Waals surface area (Å²) in [6.07, 6.45) is 13.3. The van der Waals surface area contributed by atoms with Crippen LogP contribution >= 0.6 is 31.9 Å². The minimum Gasteiger partial charge on any atom is -0.0922 e. The molecule has 2 aliphatic carbocycles. The van der Waals surface area contributed by atoms with Gasteiger partial charge in [0.15, 0.2) is 0 Å². The maximum Gasteiger partial charge on any atom is 0.00987 e. The molecular formula is C14H24Br2. The maximum atomic E-state index is 3.82. The van der Waals surface area contributed by atoms with Crippen molar-refractivity contribution in [3.05, 3.63) is 0 Å². The number of halogens is 2. The molecule has 0 unspecified atom stereocenters. The van der Waals surface area contributed by atoms with Crippen LogP contribution in [0.1, 0.15) is 57.8 Å². The van der Waals surface area contributed by atoms with E-state index in [9.17, 15) is 0 Å². The Morgan fingerprint density at radius 3 is 1.81 bits per heavy atom. The minimum atomic E-state index is 0.561. The quantitative estimate of drug-likeness (QED) is 0.571. The zero-order valence-electron chi connectivity index (χ0n) is 10.2. The van der Waals surface area contributed by atoms with E-state index in [-0.39, 0.29) is 0 Å². The molecule has 0 saturated heterocycles. The summed E-state index contributed by atoms with van der Waals surface area (Å²) in [5, 5.41) is 2.40. The van der Waals surface area contributed by atoms with Crippen molar-refractivity contribution in [2.45, 2.75) is 57.8 Å². The molecule has 0 aromatic heterocycles. The molecule has 0 radical (unpaired) electrons. The number of hydrogen-bond donors (Lipinski definition) is 0. The van der Waals surface area contributed by atoms with Crippen LogP contribution < -0.4 is 0 Å². The molecule has 2 fully saturated rings. The summed E-state index contributed by atoms with van der Waals surface area (Å²) in [5.74, 6) is 2.00. The van der Waals surface area contributed by atoms with Crippen LogP contribution in [-0.4, -0.2) is 10.7 Å². The smallest absolute Gasteiger partial charge is 0.00987 e. The highest BCUT2D eigenvalue weighted by atomic mass is 79.9. The Morgan fingerprint density at radius 1 is 0.812 bits per heavy atom. The van der Waals surface area contributed by atoms with Crippen molar-refractivity contribution in [1.29, 1.82) is 0 Å². The Bertz CT molecular complexity index is 199. The fourth-order valence-corrected chi connectivity index (χ4v) is 6.16. The molecule has 0 amide bonds. The molecule has 16 heavy (non-hydrogen) atoms. The van der Waals surface area contributed by atoms with E-state index in [1.165, 1.54) is 68.4 Å². The first-order valence-electron chi connectivity index (χ1n) is 6.93. The fraction of sp³-hybridized carbons (Fsp3) is 1.00. The van der Waals surface area contributed by atoms with Crippen molar-refractivity contribution >= 4 is 31.9 Å². The Kier molecular flexibility index (Phi) is 5.21.